The SMILES string of the molecule is O=C(O)C(=O)Cc1c[nH]c2cccc(Cl)c12. The van der Waals surface area contributed by atoms with Crippen LogP contribution in [0.15, 0.2) is 24.4 Å². The van der Waals surface area contributed by atoms with Crippen molar-refractivity contribution in [1.29, 1.82) is 0 Å². The molecule has 1 aromatic heterocycles. The summed E-state index contributed by atoms with van der Waals surface area (Å²) in [5.41, 5.74) is 1.40. The van der Waals surface area contributed by atoms with E-state index in [9.17, 15) is 9.59 Å². The van der Waals surface area contributed by atoms with Crippen LogP contribution in [-0.2, 0) is 16.0 Å². The average Bonchev–Trinajstić information content (AvgIpc) is 2.63. The number of Topliss-reactive ketones (excluding diaryl/α,β-unsaturated/α-hetero) is 1. The predicted molar refractivity (Wildman–Crippen MR) is 59.7 cm³/mol. The lowest BCUT2D eigenvalue weighted by molar-refractivity contribution is -0.148. The van der Waals surface area contributed by atoms with E-state index in [4.69, 9.17) is 16.7 Å². The van der Waals surface area contributed by atoms with Crippen LogP contribution < -0.4 is 0 Å². The van der Waals surface area contributed by atoms with Gasteiger partial charge in [-0.05, 0) is 17.7 Å². The van der Waals surface area contributed by atoms with Gasteiger partial charge in [0.05, 0.1) is 5.02 Å². The number of aromatic amines is 1. The molecule has 0 bridgehead atoms. The quantitative estimate of drug-likeness (QED) is 0.803. The minimum absolute atomic E-state index is 0.154. The Morgan fingerprint density at radius 2 is 2.12 bits per heavy atom. The molecule has 0 aliphatic rings. The van der Waals surface area contributed by atoms with E-state index in [0.29, 0.717) is 16.0 Å². The molecule has 0 aliphatic heterocycles. The number of fused-ring (bicyclic) bond motifs is 1. The normalized spacial score (nSPS) is 10.6. The molecule has 2 aromatic rings. The van der Waals surface area contributed by atoms with Crippen LogP contribution in [0.2, 0.25) is 5.02 Å². The maximum absolute atomic E-state index is 11.1. The predicted octanol–water partition coefficient (Wildman–Crippen LogP) is 2.02. The summed E-state index contributed by atoms with van der Waals surface area (Å²) in [6.45, 7) is 0. The number of carboxylic acids is 1. The Bertz CT molecular complexity index is 574. The maximum atomic E-state index is 11.1. The van der Waals surface area contributed by atoms with Crippen molar-refractivity contribution in [2.24, 2.45) is 0 Å². The third-order valence-corrected chi connectivity index (χ3v) is 2.64. The van der Waals surface area contributed by atoms with Gasteiger partial charge in [0.25, 0.3) is 0 Å². The molecule has 5 heteroatoms. The minimum atomic E-state index is -1.43. The van der Waals surface area contributed by atoms with Gasteiger partial charge in [-0.25, -0.2) is 4.79 Å². The highest BCUT2D eigenvalue weighted by Gasteiger charge is 2.15. The van der Waals surface area contributed by atoms with Crippen LogP contribution in [0.1, 0.15) is 5.56 Å². The molecular formula is C11H8ClNO3. The number of hydrogen-bond donors (Lipinski definition) is 2. The summed E-state index contributed by atoms with van der Waals surface area (Å²) < 4.78 is 0. The summed E-state index contributed by atoms with van der Waals surface area (Å²) >= 11 is 5.99. The highest BCUT2D eigenvalue weighted by Crippen LogP contribution is 2.26. The van der Waals surface area contributed by atoms with Crippen molar-refractivity contribution in [1.82, 2.24) is 4.98 Å². The topological polar surface area (TPSA) is 70.2 Å². The zero-order valence-corrected chi connectivity index (χ0v) is 8.91. The highest BCUT2D eigenvalue weighted by molar-refractivity contribution is 6.36. The third-order valence-electron chi connectivity index (χ3n) is 2.33. The molecule has 0 atom stereocenters. The van der Waals surface area contributed by atoms with Gasteiger partial charge in [0.2, 0.25) is 5.78 Å². The van der Waals surface area contributed by atoms with E-state index < -0.39 is 11.8 Å². The van der Waals surface area contributed by atoms with Crippen LogP contribution in [-0.4, -0.2) is 21.8 Å². The molecule has 0 radical (unpaired) electrons. The number of carbonyl (C=O) groups excluding carboxylic acids is 1. The number of halogens is 1. The Labute approximate surface area is 95.8 Å². The van der Waals surface area contributed by atoms with Crippen molar-refractivity contribution in [3.05, 3.63) is 35.0 Å². The van der Waals surface area contributed by atoms with Crippen LogP contribution in [0.25, 0.3) is 10.9 Å². The first-order chi connectivity index (χ1) is 7.59. The Morgan fingerprint density at radius 1 is 1.38 bits per heavy atom. The summed E-state index contributed by atoms with van der Waals surface area (Å²) in [7, 11) is 0. The molecule has 2 N–H and O–H groups in total. The largest absolute Gasteiger partial charge is 0.475 e. The van der Waals surface area contributed by atoms with Gasteiger partial charge in [-0.2, -0.15) is 0 Å². The van der Waals surface area contributed by atoms with Crippen LogP contribution in [0.5, 0.6) is 0 Å². The molecule has 0 saturated carbocycles. The van der Waals surface area contributed by atoms with Gasteiger partial charge < -0.3 is 10.1 Å². The molecular weight excluding hydrogens is 230 g/mol. The number of rotatable bonds is 3. The molecule has 0 fully saturated rings. The van der Waals surface area contributed by atoms with E-state index in [0.717, 1.165) is 5.52 Å². The first kappa shape index (κ1) is 10.7. The molecule has 4 nitrogen and oxygen atoms in total. The number of carboxylic acid groups (broad SMARTS) is 1. The third kappa shape index (κ3) is 1.79. The van der Waals surface area contributed by atoms with Crippen molar-refractivity contribution >= 4 is 34.3 Å². The fourth-order valence-electron chi connectivity index (χ4n) is 1.60. The van der Waals surface area contributed by atoms with Gasteiger partial charge in [-0.3, -0.25) is 4.79 Å². The molecule has 1 heterocycles. The maximum Gasteiger partial charge on any atom is 0.372 e. The number of H-pyrrole nitrogens is 1. The van der Waals surface area contributed by atoms with E-state index in [1.54, 1.807) is 18.3 Å². The van der Waals surface area contributed by atoms with E-state index in [-0.39, 0.29) is 6.42 Å². The first-order valence-electron chi connectivity index (χ1n) is 4.60. The minimum Gasteiger partial charge on any atom is -0.475 e. The Kier molecular flexibility index (Phi) is 2.66. The highest BCUT2D eigenvalue weighted by atomic mass is 35.5. The molecule has 2 rings (SSSR count). The average molecular weight is 238 g/mol. The molecule has 0 spiro atoms. The van der Waals surface area contributed by atoms with Gasteiger partial charge in [0.1, 0.15) is 0 Å². The van der Waals surface area contributed by atoms with Gasteiger partial charge in [-0.1, -0.05) is 17.7 Å². The molecule has 0 aliphatic carbocycles. The van der Waals surface area contributed by atoms with Gasteiger partial charge in [0, 0.05) is 23.5 Å². The fraction of sp³-hybridized carbons (Fsp3) is 0.0909. The van der Waals surface area contributed by atoms with Gasteiger partial charge in [-0.15, -0.1) is 0 Å². The molecule has 82 valence electrons. The summed E-state index contributed by atoms with van der Waals surface area (Å²) in [5.74, 6) is -2.28. The summed E-state index contributed by atoms with van der Waals surface area (Å²) in [5, 5.41) is 9.74. The number of hydrogen-bond acceptors (Lipinski definition) is 2. The summed E-state index contributed by atoms with van der Waals surface area (Å²) in [6, 6.07) is 5.30. The number of aromatic nitrogens is 1. The van der Waals surface area contributed by atoms with Crippen LogP contribution >= 0.6 is 11.6 Å². The van der Waals surface area contributed by atoms with Crippen molar-refractivity contribution < 1.29 is 14.7 Å². The van der Waals surface area contributed by atoms with Crippen LogP contribution in [0, 0.1) is 0 Å². The lowest BCUT2D eigenvalue weighted by Crippen LogP contribution is -2.14. The van der Waals surface area contributed by atoms with E-state index in [2.05, 4.69) is 4.98 Å². The van der Waals surface area contributed by atoms with Crippen molar-refractivity contribution in [3.8, 4) is 0 Å². The van der Waals surface area contributed by atoms with Gasteiger partial charge >= 0.3 is 5.97 Å². The zero-order valence-electron chi connectivity index (χ0n) is 8.16. The van der Waals surface area contributed by atoms with E-state index in [1.165, 1.54) is 0 Å². The Balaban J connectivity index is 2.46. The zero-order chi connectivity index (χ0) is 11.7. The first-order valence-corrected chi connectivity index (χ1v) is 4.98. The Hall–Kier alpha value is -1.81. The number of aliphatic carboxylic acids is 1. The second kappa shape index (κ2) is 3.98. The molecule has 0 unspecified atom stereocenters. The standard InChI is InChI=1S/C11H8ClNO3/c12-7-2-1-3-8-10(7)6(5-13-8)4-9(14)11(15)16/h1-3,5,13H,4H2,(H,15,16). The van der Waals surface area contributed by atoms with E-state index in [1.807, 2.05) is 6.07 Å². The van der Waals surface area contributed by atoms with E-state index >= 15 is 0 Å². The van der Waals surface area contributed by atoms with Gasteiger partial charge in [0.15, 0.2) is 0 Å². The number of benzene rings is 1. The van der Waals surface area contributed by atoms with Crippen molar-refractivity contribution in [2.45, 2.75) is 6.42 Å². The lowest BCUT2D eigenvalue weighted by Gasteiger charge is -1.98. The fourth-order valence-corrected chi connectivity index (χ4v) is 1.89. The number of carbonyl (C=O) groups is 2. The second-order valence-corrected chi connectivity index (χ2v) is 3.79. The molecule has 0 saturated heterocycles. The molecule has 1 aromatic carbocycles. The number of nitrogens with one attached hydrogen (secondary N) is 1. The smallest absolute Gasteiger partial charge is 0.372 e. The molecule has 0 amide bonds. The monoisotopic (exact) mass is 237 g/mol. The Morgan fingerprint density at radius 3 is 2.81 bits per heavy atom. The summed E-state index contributed by atoms with van der Waals surface area (Å²) in [6.07, 6.45) is 1.45. The summed E-state index contributed by atoms with van der Waals surface area (Å²) in [4.78, 5) is 24.5. The molecule has 16 heavy (non-hydrogen) atoms. The number of ketones is 1. The lowest BCUT2D eigenvalue weighted by atomic mass is 10.1. The van der Waals surface area contributed by atoms with Crippen LogP contribution in [0.3, 0.4) is 0 Å². The van der Waals surface area contributed by atoms with Crippen molar-refractivity contribution in [3.63, 3.8) is 0 Å². The van der Waals surface area contributed by atoms with Crippen LogP contribution in [0.4, 0.5) is 0 Å². The second-order valence-electron chi connectivity index (χ2n) is 3.38. The van der Waals surface area contributed by atoms with Crippen molar-refractivity contribution in [2.75, 3.05) is 0 Å².